The Morgan fingerprint density at radius 3 is 2.10 bits per heavy atom. The molecular weight excluding hydrogens is 264 g/mol. The van der Waals surface area contributed by atoms with E-state index in [1.54, 1.807) is 0 Å². The Kier molecular flexibility index (Phi) is 3.14. The van der Waals surface area contributed by atoms with Gasteiger partial charge in [-0.1, -0.05) is 53.7 Å². The van der Waals surface area contributed by atoms with Gasteiger partial charge in [0, 0.05) is 10.8 Å². The highest BCUT2D eigenvalue weighted by Gasteiger charge is 2.60. The molecule has 0 amide bonds. The summed E-state index contributed by atoms with van der Waals surface area (Å²) in [6.45, 7) is 13.8. The van der Waals surface area contributed by atoms with Gasteiger partial charge in [-0.3, -0.25) is 4.21 Å². The van der Waals surface area contributed by atoms with E-state index in [0.717, 1.165) is 0 Å². The van der Waals surface area contributed by atoms with Crippen molar-refractivity contribution in [3.05, 3.63) is 23.3 Å². The Morgan fingerprint density at radius 1 is 1.00 bits per heavy atom. The van der Waals surface area contributed by atoms with Gasteiger partial charge in [0.2, 0.25) is 0 Å². The third-order valence-corrected chi connectivity index (χ3v) is 7.37. The summed E-state index contributed by atoms with van der Waals surface area (Å²) >= 11 is 0. The van der Waals surface area contributed by atoms with E-state index in [9.17, 15) is 4.21 Å². The van der Waals surface area contributed by atoms with Crippen LogP contribution >= 0.6 is 0 Å². The van der Waals surface area contributed by atoms with Crippen LogP contribution in [0.15, 0.2) is 23.3 Å². The molecule has 3 rings (SSSR count). The van der Waals surface area contributed by atoms with Gasteiger partial charge in [0.25, 0.3) is 0 Å². The summed E-state index contributed by atoms with van der Waals surface area (Å²) in [7, 11) is -0.700. The van der Waals surface area contributed by atoms with E-state index in [1.807, 2.05) is 0 Å². The van der Waals surface area contributed by atoms with E-state index in [0.29, 0.717) is 17.1 Å². The second kappa shape index (κ2) is 4.32. The maximum atomic E-state index is 13.1. The molecule has 0 radical (unpaired) electrons. The van der Waals surface area contributed by atoms with E-state index in [1.165, 1.54) is 24.0 Å². The van der Waals surface area contributed by atoms with Gasteiger partial charge in [0.1, 0.15) is 0 Å². The Labute approximate surface area is 126 Å². The van der Waals surface area contributed by atoms with Gasteiger partial charge in [0.05, 0.1) is 10.5 Å². The lowest BCUT2D eigenvalue weighted by atomic mass is 9.62. The molecule has 1 unspecified atom stereocenters. The molecule has 0 aromatic carbocycles. The zero-order valence-corrected chi connectivity index (χ0v) is 14.5. The molecule has 0 saturated carbocycles. The standard InChI is InChI=1S/C18H28OS/c1-17(2,3)13-14(18(4,5)6)16-12-10-8-7-9-11(12)15(13)20(16)19/h7,9,11-12,15-16H,8,10H2,1-6H3/t11-,12+,15+,16-,20?/m0/s1. The first-order valence-electron chi connectivity index (χ1n) is 7.95. The first kappa shape index (κ1) is 14.6. The van der Waals surface area contributed by atoms with E-state index in [2.05, 4.69) is 53.7 Å². The molecule has 20 heavy (non-hydrogen) atoms. The molecule has 2 heteroatoms. The van der Waals surface area contributed by atoms with Crippen molar-refractivity contribution in [3.63, 3.8) is 0 Å². The minimum Gasteiger partial charge on any atom is -0.258 e. The maximum absolute atomic E-state index is 13.1. The monoisotopic (exact) mass is 292 g/mol. The van der Waals surface area contributed by atoms with Crippen LogP contribution in [-0.2, 0) is 10.8 Å². The van der Waals surface area contributed by atoms with Crippen LogP contribution in [0.4, 0.5) is 0 Å². The third kappa shape index (κ3) is 1.90. The van der Waals surface area contributed by atoms with E-state index in [-0.39, 0.29) is 16.1 Å². The molecule has 1 saturated heterocycles. The second-order valence-electron chi connectivity index (χ2n) is 8.74. The summed E-state index contributed by atoms with van der Waals surface area (Å²) in [4.78, 5) is 0. The predicted octanol–water partition coefficient (Wildman–Crippen LogP) is 4.47. The topological polar surface area (TPSA) is 17.1 Å². The summed E-state index contributed by atoms with van der Waals surface area (Å²) in [5.41, 5.74) is 3.32. The van der Waals surface area contributed by atoms with Crippen molar-refractivity contribution < 1.29 is 4.21 Å². The first-order valence-corrected chi connectivity index (χ1v) is 9.22. The molecule has 112 valence electrons. The largest absolute Gasteiger partial charge is 0.258 e. The third-order valence-electron chi connectivity index (χ3n) is 5.23. The molecule has 0 N–H and O–H groups in total. The molecule has 1 aliphatic carbocycles. The Hall–Kier alpha value is -0.370. The fraction of sp³-hybridized carbons (Fsp3) is 0.778. The molecule has 0 spiro atoms. The molecular formula is C18H28OS. The van der Waals surface area contributed by atoms with E-state index < -0.39 is 10.8 Å². The summed E-state index contributed by atoms with van der Waals surface area (Å²) in [5, 5.41) is 0.611. The van der Waals surface area contributed by atoms with Gasteiger partial charge in [-0.25, -0.2) is 0 Å². The highest BCUT2D eigenvalue weighted by atomic mass is 32.2. The number of hydrogen-bond acceptors (Lipinski definition) is 1. The smallest absolute Gasteiger partial charge is 0.0637 e. The number of rotatable bonds is 0. The first-order chi connectivity index (χ1) is 9.14. The molecule has 0 aromatic rings. The molecule has 2 aliphatic heterocycles. The van der Waals surface area contributed by atoms with Gasteiger partial charge in [-0.2, -0.15) is 0 Å². The van der Waals surface area contributed by atoms with Crippen LogP contribution in [0.2, 0.25) is 0 Å². The summed E-state index contributed by atoms with van der Waals surface area (Å²) < 4.78 is 13.1. The van der Waals surface area contributed by atoms with Crippen molar-refractivity contribution in [2.24, 2.45) is 22.7 Å². The second-order valence-corrected chi connectivity index (χ2v) is 10.4. The normalized spacial score (nSPS) is 40.4. The minimum atomic E-state index is -0.700. The van der Waals surface area contributed by atoms with Gasteiger partial charge in [-0.05, 0) is 46.7 Å². The van der Waals surface area contributed by atoms with Gasteiger partial charge in [-0.15, -0.1) is 0 Å². The fourth-order valence-electron chi connectivity index (χ4n) is 4.65. The van der Waals surface area contributed by atoms with Crippen LogP contribution < -0.4 is 0 Å². The van der Waals surface area contributed by atoms with Crippen LogP contribution in [0.25, 0.3) is 0 Å². The molecule has 3 aliphatic rings. The number of allylic oxidation sites excluding steroid dienone is 2. The average Bonchev–Trinajstić information content (AvgIpc) is 2.77. The van der Waals surface area contributed by atoms with Crippen molar-refractivity contribution in [2.75, 3.05) is 0 Å². The lowest BCUT2D eigenvalue weighted by molar-refractivity contribution is 0.306. The zero-order chi connectivity index (χ0) is 14.9. The Morgan fingerprint density at radius 2 is 1.55 bits per heavy atom. The summed E-state index contributed by atoms with van der Waals surface area (Å²) in [5.74, 6) is 1.17. The number of hydrogen-bond donors (Lipinski definition) is 0. The minimum absolute atomic E-state index is 0.133. The Bertz CT molecular complexity index is 513. The highest BCUT2D eigenvalue weighted by Crippen LogP contribution is 2.60. The van der Waals surface area contributed by atoms with Crippen molar-refractivity contribution in [1.29, 1.82) is 0 Å². The summed E-state index contributed by atoms with van der Waals surface area (Å²) in [6.07, 6.45) is 7.09. The van der Waals surface area contributed by atoms with Crippen LogP contribution in [0.1, 0.15) is 54.4 Å². The quantitative estimate of drug-likeness (QED) is 0.602. The SMILES string of the molecule is CC(C)(C)C1=C(C(C)(C)C)[C@H]2[C@H]3C=CCC[C@H]3[C@@H]1S2=O. The van der Waals surface area contributed by atoms with Crippen LogP contribution in [0.3, 0.4) is 0 Å². The van der Waals surface area contributed by atoms with E-state index in [4.69, 9.17) is 0 Å². The lowest BCUT2D eigenvalue weighted by Crippen LogP contribution is -2.37. The van der Waals surface area contributed by atoms with Crippen molar-refractivity contribution in [1.82, 2.24) is 0 Å². The molecule has 2 heterocycles. The van der Waals surface area contributed by atoms with Crippen LogP contribution in [0, 0.1) is 22.7 Å². The molecule has 2 bridgehead atoms. The molecule has 1 fully saturated rings. The van der Waals surface area contributed by atoms with Gasteiger partial charge < -0.3 is 0 Å². The fourth-order valence-corrected chi connectivity index (χ4v) is 7.65. The van der Waals surface area contributed by atoms with Crippen molar-refractivity contribution in [3.8, 4) is 0 Å². The zero-order valence-electron chi connectivity index (χ0n) is 13.7. The van der Waals surface area contributed by atoms with Gasteiger partial charge >= 0.3 is 0 Å². The Balaban J connectivity index is 2.20. The maximum Gasteiger partial charge on any atom is 0.0637 e. The highest BCUT2D eigenvalue weighted by molar-refractivity contribution is 7.87. The molecule has 1 nitrogen and oxygen atoms in total. The van der Waals surface area contributed by atoms with Crippen molar-refractivity contribution in [2.45, 2.75) is 64.9 Å². The molecule has 5 atom stereocenters. The predicted molar refractivity (Wildman–Crippen MR) is 87.0 cm³/mol. The van der Waals surface area contributed by atoms with Crippen LogP contribution in [-0.4, -0.2) is 14.7 Å². The number of fused-ring (bicyclic) bond motifs is 5. The average molecular weight is 292 g/mol. The van der Waals surface area contributed by atoms with E-state index >= 15 is 0 Å². The summed E-state index contributed by atoms with van der Waals surface area (Å²) in [6, 6.07) is 0. The lowest BCUT2D eigenvalue weighted by Gasteiger charge is -2.41. The van der Waals surface area contributed by atoms with Crippen molar-refractivity contribution >= 4 is 10.8 Å². The molecule has 0 aromatic heterocycles. The van der Waals surface area contributed by atoms with Crippen LogP contribution in [0.5, 0.6) is 0 Å². The van der Waals surface area contributed by atoms with Gasteiger partial charge in [0.15, 0.2) is 0 Å².